The van der Waals surface area contributed by atoms with Crippen LogP contribution in [0.15, 0.2) is 12.7 Å². The highest BCUT2D eigenvalue weighted by Gasteiger charge is 2.33. The Bertz CT molecular complexity index is 348. The number of carbonyl (C=O) groups excluding carboxylic acids is 1. The first-order valence-corrected chi connectivity index (χ1v) is 6.96. The minimum atomic E-state index is -0.979. The quantitative estimate of drug-likeness (QED) is 0.681. The topological polar surface area (TPSA) is 60.9 Å². The highest BCUT2D eigenvalue weighted by molar-refractivity contribution is 5.80. The molecule has 2 saturated carbocycles. The maximum atomic E-state index is 12.4. The Morgan fingerprint density at radius 1 is 1.11 bits per heavy atom. The van der Waals surface area contributed by atoms with E-state index in [1.54, 1.807) is 6.08 Å². The lowest BCUT2D eigenvalue weighted by molar-refractivity contribution is -0.137. The van der Waals surface area contributed by atoms with Crippen LogP contribution in [0, 0.1) is 11.8 Å². The lowest BCUT2D eigenvalue weighted by Gasteiger charge is -2.29. The van der Waals surface area contributed by atoms with Gasteiger partial charge in [0.1, 0.15) is 6.54 Å². The second kappa shape index (κ2) is 6.08. The van der Waals surface area contributed by atoms with Crippen molar-refractivity contribution in [1.82, 2.24) is 9.80 Å². The summed E-state index contributed by atoms with van der Waals surface area (Å²) in [5.74, 6) is 0.268. The fourth-order valence-electron chi connectivity index (χ4n) is 2.18. The molecule has 19 heavy (non-hydrogen) atoms. The smallest absolute Gasteiger partial charge is 0.323 e. The molecule has 5 nitrogen and oxygen atoms in total. The Labute approximate surface area is 113 Å². The summed E-state index contributed by atoms with van der Waals surface area (Å²) in [5.41, 5.74) is 0. The summed E-state index contributed by atoms with van der Waals surface area (Å²) in [7, 11) is 0. The van der Waals surface area contributed by atoms with Gasteiger partial charge in [-0.1, -0.05) is 6.08 Å². The minimum absolute atomic E-state index is 0.152. The molecule has 0 aromatic heterocycles. The monoisotopic (exact) mass is 266 g/mol. The van der Waals surface area contributed by atoms with E-state index in [9.17, 15) is 9.59 Å². The van der Waals surface area contributed by atoms with Crippen LogP contribution in [0.1, 0.15) is 25.7 Å². The van der Waals surface area contributed by atoms with Crippen LogP contribution in [0.25, 0.3) is 0 Å². The normalized spacial score (nSPS) is 17.9. The summed E-state index contributed by atoms with van der Waals surface area (Å²) >= 11 is 0. The third kappa shape index (κ3) is 4.58. The molecule has 2 rings (SSSR count). The summed E-state index contributed by atoms with van der Waals surface area (Å²) in [5, 5.41) is 8.88. The standard InChI is InChI=1S/C14H22N2O3/c1-2-7-15(10-13(17)18)14(19)16(8-11-3-4-11)9-12-5-6-12/h2,11-12H,1,3-10H2,(H,17,18). The number of amides is 2. The zero-order valence-corrected chi connectivity index (χ0v) is 11.3. The van der Waals surface area contributed by atoms with Crippen LogP contribution in [-0.4, -0.2) is 53.1 Å². The Hall–Kier alpha value is -1.52. The van der Waals surface area contributed by atoms with E-state index in [1.165, 1.54) is 30.6 Å². The van der Waals surface area contributed by atoms with Gasteiger partial charge in [-0.15, -0.1) is 6.58 Å². The summed E-state index contributed by atoms with van der Waals surface area (Å²) in [6, 6.07) is -0.152. The van der Waals surface area contributed by atoms with Gasteiger partial charge in [0.15, 0.2) is 0 Å². The van der Waals surface area contributed by atoms with Crippen molar-refractivity contribution in [1.29, 1.82) is 0 Å². The number of urea groups is 1. The number of rotatable bonds is 8. The number of hydrogen-bond donors (Lipinski definition) is 1. The molecular weight excluding hydrogens is 244 g/mol. The lowest BCUT2D eigenvalue weighted by atomic mass is 10.3. The van der Waals surface area contributed by atoms with Gasteiger partial charge in [-0.3, -0.25) is 4.79 Å². The van der Waals surface area contributed by atoms with Crippen LogP contribution in [0.2, 0.25) is 0 Å². The molecule has 0 unspecified atom stereocenters. The number of hydrogen-bond acceptors (Lipinski definition) is 2. The molecule has 0 aliphatic heterocycles. The van der Waals surface area contributed by atoms with Gasteiger partial charge < -0.3 is 14.9 Å². The Morgan fingerprint density at radius 3 is 2.00 bits per heavy atom. The SMILES string of the molecule is C=CCN(CC(=O)O)C(=O)N(CC1CC1)CC1CC1. The average molecular weight is 266 g/mol. The van der Waals surface area contributed by atoms with Gasteiger partial charge in [-0.05, 0) is 37.5 Å². The number of nitrogens with zero attached hydrogens (tertiary/aromatic N) is 2. The van der Waals surface area contributed by atoms with E-state index in [1.807, 2.05) is 4.90 Å². The van der Waals surface area contributed by atoms with E-state index in [4.69, 9.17) is 5.11 Å². The first-order valence-electron chi connectivity index (χ1n) is 6.96. The molecule has 1 N–H and O–H groups in total. The first kappa shape index (κ1) is 13.9. The Morgan fingerprint density at radius 2 is 1.63 bits per heavy atom. The highest BCUT2D eigenvalue weighted by atomic mass is 16.4. The van der Waals surface area contributed by atoms with Crippen LogP contribution >= 0.6 is 0 Å². The van der Waals surface area contributed by atoms with E-state index < -0.39 is 5.97 Å². The van der Waals surface area contributed by atoms with Crippen LogP contribution in [-0.2, 0) is 4.79 Å². The van der Waals surface area contributed by atoms with Gasteiger partial charge in [-0.25, -0.2) is 4.79 Å². The second-order valence-electron chi connectivity index (χ2n) is 5.64. The van der Waals surface area contributed by atoms with Crippen molar-refractivity contribution in [3.8, 4) is 0 Å². The van der Waals surface area contributed by atoms with Gasteiger partial charge in [-0.2, -0.15) is 0 Å². The van der Waals surface area contributed by atoms with E-state index in [2.05, 4.69) is 6.58 Å². The van der Waals surface area contributed by atoms with E-state index in [0.717, 1.165) is 13.1 Å². The molecule has 0 heterocycles. The number of aliphatic carboxylic acids is 1. The summed E-state index contributed by atoms with van der Waals surface area (Å²) in [6.45, 7) is 5.19. The lowest BCUT2D eigenvalue weighted by Crippen LogP contribution is -2.47. The fraction of sp³-hybridized carbons (Fsp3) is 0.714. The van der Waals surface area contributed by atoms with Crippen LogP contribution in [0.4, 0.5) is 4.79 Å². The largest absolute Gasteiger partial charge is 0.480 e. The van der Waals surface area contributed by atoms with Crippen molar-refractivity contribution in [2.75, 3.05) is 26.2 Å². The molecule has 0 radical (unpaired) electrons. The van der Waals surface area contributed by atoms with E-state index >= 15 is 0 Å². The Balaban J connectivity index is 1.95. The van der Waals surface area contributed by atoms with Crippen LogP contribution in [0.5, 0.6) is 0 Å². The van der Waals surface area contributed by atoms with Crippen molar-refractivity contribution < 1.29 is 14.7 Å². The summed E-state index contributed by atoms with van der Waals surface area (Å²) in [6.07, 6.45) is 6.33. The minimum Gasteiger partial charge on any atom is -0.480 e. The zero-order chi connectivity index (χ0) is 13.8. The molecule has 2 fully saturated rings. The molecule has 0 aromatic carbocycles. The molecule has 106 valence electrons. The van der Waals surface area contributed by atoms with Gasteiger partial charge in [0.25, 0.3) is 0 Å². The van der Waals surface area contributed by atoms with Crippen molar-refractivity contribution in [3.05, 3.63) is 12.7 Å². The van der Waals surface area contributed by atoms with Crippen LogP contribution < -0.4 is 0 Å². The summed E-state index contributed by atoms with van der Waals surface area (Å²) < 4.78 is 0. The van der Waals surface area contributed by atoms with Gasteiger partial charge >= 0.3 is 12.0 Å². The van der Waals surface area contributed by atoms with Gasteiger partial charge in [0.2, 0.25) is 0 Å². The molecule has 2 aliphatic rings. The molecule has 2 aliphatic carbocycles. The molecule has 0 bridgehead atoms. The molecule has 0 aromatic rings. The molecule has 2 amide bonds. The zero-order valence-electron chi connectivity index (χ0n) is 11.3. The van der Waals surface area contributed by atoms with Gasteiger partial charge in [0, 0.05) is 19.6 Å². The third-order valence-corrected chi connectivity index (χ3v) is 3.57. The maximum absolute atomic E-state index is 12.4. The third-order valence-electron chi connectivity index (χ3n) is 3.57. The summed E-state index contributed by atoms with van der Waals surface area (Å²) in [4.78, 5) is 26.5. The van der Waals surface area contributed by atoms with E-state index in [-0.39, 0.29) is 19.1 Å². The number of carbonyl (C=O) groups is 2. The predicted molar refractivity (Wildman–Crippen MR) is 71.8 cm³/mol. The molecular formula is C14H22N2O3. The van der Waals surface area contributed by atoms with Crippen molar-refractivity contribution >= 4 is 12.0 Å². The predicted octanol–water partition coefficient (Wildman–Crippen LogP) is 1.80. The average Bonchev–Trinajstić information content (AvgIpc) is 3.20. The second-order valence-corrected chi connectivity index (χ2v) is 5.64. The first-order chi connectivity index (χ1) is 9.10. The number of carboxylic acid groups (broad SMARTS) is 1. The van der Waals surface area contributed by atoms with Crippen LogP contribution in [0.3, 0.4) is 0 Å². The molecule has 0 saturated heterocycles. The molecule has 0 spiro atoms. The van der Waals surface area contributed by atoms with E-state index in [0.29, 0.717) is 11.8 Å². The highest BCUT2D eigenvalue weighted by Crippen LogP contribution is 2.34. The number of carboxylic acids is 1. The van der Waals surface area contributed by atoms with Gasteiger partial charge in [0.05, 0.1) is 0 Å². The Kier molecular flexibility index (Phi) is 4.45. The molecule has 0 atom stereocenters. The van der Waals surface area contributed by atoms with Crippen molar-refractivity contribution in [3.63, 3.8) is 0 Å². The fourth-order valence-corrected chi connectivity index (χ4v) is 2.18. The van der Waals surface area contributed by atoms with Crippen molar-refractivity contribution in [2.24, 2.45) is 11.8 Å². The maximum Gasteiger partial charge on any atom is 0.323 e. The molecule has 5 heteroatoms. The van der Waals surface area contributed by atoms with Crippen molar-refractivity contribution in [2.45, 2.75) is 25.7 Å².